The molecule has 2 fully saturated rings. The van der Waals surface area contributed by atoms with Gasteiger partial charge in [-0.1, -0.05) is 30.3 Å². The second-order valence-corrected chi connectivity index (χ2v) is 7.82. The lowest BCUT2D eigenvalue weighted by molar-refractivity contribution is 0.114. The van der Waals surface area contributed by atoms with E-state index in [0.29, 0.717) is 5.92 Å². The molecule has 1 aromatic rings. The lowest BCUT2D eigenvalue weighted by atomic mass is 9.79. The normalized spacial score (nSPS) is 26.9. The summed E-state index contributed by atoms with van der Waals surface area (Å²) in [7, 11) is 1.91. The summed E-state index contributed by atoms with van der Waals surface area (Å²) in [4.78, 5) is 6.92. The van der Waals surface area contributed by atoms with Crippen LogP contribution in [0.4, 0.5) is 0 Å². The van der Waals surface area contributed by atoms with E-state index in [9.17, 15) is 0 Å². The smallest absolute Gasteiger partial charge is 0.193 e. The van der Waals surface area contributed by atoms with Gasteiger partial charge in [0.1, 0.15) is 0 Å². The van der Waals surface area contributed by atoms with Crippen LogP contribution < -0.4 is 5.32 Å². The summed E-state index contributed by atoms with van der Waals surface area (Å²) in [6.45, 7) is 6.99. The summed E-state index contributed by atoms with van der Waals surface area (Å²) in [5.74, 6) is 3.25. The van der Waals surface area contributed by atoms with Crippen LogP contribution in [0.5, 0.6) is 0 Å². The van der Waals surface area contributed by atoms with E-state index in [4.69, 9.17) is 4.74 Å². The maximum atomic E-state index is 5.59. The molecule has 1 unspecified atom stereocenters. The van der Waals surface area contributed by atoms with Gasteiger partial charge in [0.05, 0.1) is 6.61 Å². The Morgan fingerprint density at radius 3 is 2.58 bits per heavy atom. The van der Waals surface area contributed by atoms with Crippen molar-refractivity contribution in [1.29, 1.82) is 0 Å². The fourth-order valence-corrected chi connectivity index (χ4v) is 4.44. The average molecular weight is 358 g/mol. The molecular formula is C22H35N3O. The van der Waals surface area contributed by atoms with E-state index in [1.54, 1.807) is 0 Å². The minimum Gasteiger partial charge on any atom is -0.381 e. The minimum absolute atomic E-state index is 0.648. The largest absolute Gasteiger partial charge is 0.381 e. The molecule has 1 aliphatic heterocycles. The number of hydrogen-bond acceptors (Lipinski definition) is 2. The minimum atomic E-state index is 0.648. The zero-order valence-electron chi connectivity index (χ0n) is 16.5. The lowest BCUT2D eigenvalue weighted by Crippen LogP contribution is -2.42. The van der Waals surface area contributed by atoms with Crippen LogP contribution in [0, 0.1) is 11.8 Å². The van der Waals surface area contributed by atoms with Gasteiger partial charge in [-0.05, 0) is 56.4 Å². The Balaban J connectivity index is 1.40. The molecule has 0 radical (unpaired) electrons. The first-order valence-electron chi connectivity index (χ1n) is 10.4. The molecule has 1 aliphatic carbocycles. The van der Waals surface area contributed by atoms with Gasteiger partial charge in [-0.15, -0.1) is 0 Å². The quantitative estimate of drug-likeness (QED) is 0.620. The van der Waals surface area contributed by atoms with Gasteiger partial charge in [0.25, 0.3) is 0 Å². The zero-order valence-corrected chi connectivity index (χ0v) is 16.5. The summed E-state index contributed by atoms with van der Waals surface area (Å²) in [6, 6.07) is 11.0. The van der Waals surface area contributed by atoms with Crippen molar-refractivity contribution in [2.45, 2.75) is 44.9 Å². The molecular weight excluding hydrogens is 322 g/mol. The van der Waals surface area contributed by atoms with E-state index >= 15 is 0 Å². The third-order valence-corrected chi connectivity index (χ3v) is 6.02. The Morgan fingerprint density at radius 2 is 1.88 bits per heavy atom. The summed E-state index contributed by atoms with van der Waals surface area (Å²) in [5.41, 5.74) is 1.52. The lowest BCUT2D eigenvalue weighted by Gasteiger charge is -2.30. The molecule has 2 aliphatic rings. The average Bonchev–Trinajstić information content (AvgIpc) is 3.17. The first kappa shape index (κ1) is 19.2. The third kappa shape index (κ3) is 5.23. The highest BCUT2D eigenvalue weighted by molar-refractivity contribution is 5.80. The summed E-state index contributed by atoms with van der Waals surface area (Å²) in [5, 5.41) is 3.65. The molecule has 0 spiro atoms. The maximum Gasteiger partial charge on any atom is 0.193 e. The van der Waals surface area contributed by atoms with Crippen molar-refractivity contribution < 1.29 is 4.74 Å². The monoisotopic (exact) mass is 357 g/mol. The highest BCUT2D eigenvalue weighted by Crippen LogP contribution is 2.35. The summed E-state index contributed by atoms with van der Waals surface area (Å²) in [6.07, 6.45) is 6.47. The van der Waals surface area contributed by atoms with E-state index in [0.717, 1.165) is 50.6 Å². The zero-order chi connectivity index (χ0) is 18.2. The van der Waals surface area contributed by atoms with Crippen LogP contribution in [0.15, 0.2) is 35.3 Å². The van der Waals surface area contributed by atoms with E-state index < -0.39 is 0 Å². The highest BCUT2D eigenvalue weighted by Gasteiger charge is 2.26. The summed E-state index contributed by atoms with van der Waals surface area (Å²) < 4.78 is 5.59. The van der Waals surface area contributed by atoms with Crippen LogP contribution in [0.25, 0.3) is 0 Å². The van der Waals surface area contributed by atoms with Crippen molar-refractivity contribution in [3.8, 4) is 0 Å². The van der Waals surface area contributed by atoms with Crippen molar-refractivity contribution in [2.24, 2.45) is 16.8 Å². The molecule has 26 heavy (non-hydrogen) atoms. The van der Waals surface area contributed by atoms with E-state index in [2.05, 4.69) is 52.5 Å². The Morgan fingerprint density at radius 1 is 1.12 bits per heavy atom. The number of nitrogens with zero attached hydrogens (tertiary/aromatic N) is 2. The molecule has 1 saturated heterocycles. The fraction of sp³-hybridized carbons (Fsp3) is 0.682. The molecule has 1 heterocycles. The SMILES string of the molecule is CCOCC1CCN(C(=NC)NCC2CCC(c3ccccc3)CC2)C1. The van der Waals surface area contributed by atoms with Crippen molar-refractivity contribution in [2.75, 3.05) is 39.9 Å². The number of nitrogens with one attached hydrogen (secondary N) is 1. The van der Waals surface area contributed by atoms with Crippen LogP contribution in [-0.2, 0) is 4.74 Å². The first-order valence-corrected chi connectivity index (χ1v) is 10.4. The molecule has 4 heteroatoms. The van der Waals surface area contributed by atoms with Gasteiger partial charge in [-0.2, -0.15) is 0 Å². The predicted molar refractivity (Wildman–Crippen MR) is 109 cm³/mol. The van der Waals surface area contributed by atoms with Crippen LogP contribution in [0.2, 0.25) is 0 Å². The van der Waals surface area contributed by atoms with Crippen molar-refractivity contribution >= 4 is 5.96 Å². The van der Waals surface area contributed by atoms with Gasteiger partial charge in [-0.3, -0.25) is 4.99 Å². The molecule has 1 N–H and O–H groups in total. The van der Waals surface area contributed by atoms with E-state index in [1.165, 1.54) is 37.7 Å². The molecule has 0 bridgehead atoms. The van der Waals surface area contributed by atoms with Gasteiger partial charge in [0.2, 0.25) is 0 Å². The Labute approximate surface area is 159 Å². The molecule has 3 rings (SSSR count). The highest BCUT2D eigenvalue weighted by atomic mass is 16.5. The van der Waals surface area contributed by atoms with Gasteiger partial charge in [0, 0.05) is 39.2 Å². The van der Waals surface area contributed by atoms with Crippen LogP contribution in [0.1, 0.15) is 50.5 Å². The first-order chi connectivity index (χ1) is 12.8. The van der Waals surface area contributed by atoms with Crippen molar-refractivity contribution in [1.82, 2.24) is 10.2 Å². The number of ether oxygens (including phenoxy) is 1. The van der Waals surface area contributed by atoms with Gasteiger partial charge in [-0.25, -0.2) is 0 Å². The van der Waals surface area contributed by atoms with Crippen LogP contribution >= 0.6 is 0 Å². The van der Waals surface area contributed by atoms with Gasteiger partial charge < -0.3 is 15.0 Å². The van der Waals surface area contributed by atoms with E-state index in [1.807, 2.05) is 7.05 Å². The molecule has 1 atom stereocenters. The molecule has 1 saturated carbocycles. The topological polar surface area (TPSA) is 36.9 Å². The molecule has 4 nitrogen and oxygen atoms in total. The molecule has 1 aromatic carbocycles. The third-order valence-electron chi connectivity index (χ3n) is 6.02. The summed E-state index contributed by atoms with van der Waals surface area (Å²) >= 11 is 0. The van der Waals surface area contributed by atoms with Gasteiger partial charge >= 0.3 is 0 Å². The van der Waals surface area contributed by atoms with Crippen molar-refractivity contribution in [3.05, 3.63) is 35.9 Å². The van der Waals surface area contributed by atoms with Crippen molar-refractivity contribution in [3.63, 3.8) is 0 Å². The number of guanidine groups is 1. The number of aliphatic imine (C=N–C) groups is 1. The Hall–Kier alpha value is -1.55. The number of hydrogen-bond donors (Lipinski definition) is 1. The molecule has 0 aromatic heterocycles. The Kier molecular flexibility index (Phi) is 7.36. The number of rotatable bonds is 6. The predicted octanol–water partition coefficient (Wildman–Crippen LogP) is 3.89. The van der Waals surface area contributed by atoms with Gasteiger partial charge in [0.15, 0.2) is 5.96 Å². The fourth-order valence-electron chi connectivity index (χ4n) is 4.44. The Bertz CT molecular complexity index is 552. The molecule has 0 amide bonds. The number of benzene rings is 1. The van der Waals surface area contributed by atoms with Crippen LogP contribution in [-0.4, -0.2) is 50.8 Å². The standard InChI is InChI=1S/C22H35N3O/c1-3-26-17-19-13-14-25(16-19)22(23-2)24-15-18-9-11-21(12-10-18)20-7-5-4-6-8-20/h4-8,18-19,21H,3,9-17H2,1-2H3,(H,23,24). The molecule has 144 valence electrons. The van der Waals surface area contributed by atoms with Crippen LogP contribution in [0.3, 0.4) is 0 Å². The second kappa shape index (κ2) is 9.96. The number of likely N-dealkylation sites (tertiary alicyclic amines) is 1. The maximum absolute atomic E-state index is 5.59. The van der Waals surface area contributed by atoms with E-state index in [-0.39, 0.29) is 0 Å². The second-order valence-electron chi connectivity index (χ2n) is 7.82.